The predicted octanol–water partition coefficient (Wildman–Crippen LogP) is 3.84. The molecule has 0 bridgehead atoms. The van der Waals surface area contributed by atoms with E-state index in [4.69, 9.17) is 0 Å². The van der Waals surface area contributed by atoms with Gasteiger partial charge in [0, 0.05) is 24.0 Å². The van der Waals surface area contributed by atoms with Gasteiger partial charge in [-0.3, -0.25) is 4.79 Å². The second-order valence-electron chi connectivity index (χ2n) is 4.38. The van der Waals surface area contributed by atoms with E-state index < -0.39 is 0 Å². The maximum Gasteiger partial charge on any atom is 0.253 e. The Balaban J connectivity index is 2.74. The zero-order chi connectivity index (χ0) is 12.8. The highest BCUT2D eigenvalue weighted by molar-refractivity contribution is 9.08. The fraction of sp³-hybridized carbons (Fsp3) is 0.500. The van der Waals surface area contributed by atoms with Gasteiger partial charge < -0.3 is 4.90 Å². The van der Waals surface area contributed by atoms with Gasteiger partial charge in [0.25, 0.3) is 5.91 Å². The molecule has 17 heavy (non-hydrogen) atoms. The molecule has 1 aromatic rings. The van der Waals surface area contributed by atoms with Crippen molar-refractivity contribution in [1.82, 2.24) is 4.90 Å². The first-order chi connectivity index (χ1) is 8.10. The molecule has 1 aromatic carbocycles. The fourth-order valence-corrected chi connectivity index (χ4v) is 2.13. The van der Waals surface area contributed by atoms with E-state index in [0.717, 1.165) is 23.7 Å². The fourth-order valence-electron chi connectivity index (χ4n) is 1.75. The molecule has 1 rings (SSSR count). The summed E-state index contributed by atoms with van der Waals surface area (Å²) in [7, 11) is 1.88. The van der Waals surface area contributed by atoms with Crippen molar-refractivity contribution in [2.45, 2.75) is 38.1 Å². The number of carbonyl (C=O) groups is 1. The zero-order valence-corrected chi connectivity index (χ0v) is 12.3. The van der Waals surface area contributed by atoms with Crippen molar-refractivity contribution in [2.75, 3.05) is 7.05 Å². The molecular weight excluding hydrogens is 278 g/mol. The van der Waals surface area contributed by atoms with Gasteiger partial charge in [-0.05, 0) is 31.0 Å². The molecule has 0 N–H and O–H groups in total. The molecule has 3 heteroatoms. The second-order valence-corrected chi connectivity index (χ2v) is 4.95. The van der Waals surface area contributed by atoms with Crippen molar-refractivity contribution in [3.8, 4) is 0 Å². The van der Waals surface area contributed by atoms with Crippen LogP contribution in [0, 0.1) is 0 Å². The summed E-state index contributed by atoms with van der Waals surface area (Å²) < 4.78 is 0. The average Bonchev–Trinajstić information content (AvgIpc) is 2.37. The minimum atomic E-state index is 0.104. The Bertz CT molecular complexity index is 361. The quantitative estimate of drug-likeness (QED) is 0.756. The third-order valence-corrected chi connectivity index (χ3v) is 3.69. The maximum atomic E-state index is 12.2. The van der Waals surface area contributed by atoms with Gasteiger partial charge in [0.1, 0.15) is 0 Å². The van der Waals surface area contributed by atoms with Crippen LogP contribution >= 0.6 is 15.9 Å². The predicted molar refractivity (Wildman–Crippen MR) is 75.5 cm³/mol. The molecular formula is C14H20BrNO. The smallest absolute Gasteiger partial charge is 0.253 e. The van der Waals surface area contributed by atoms with Crippen LogP contribution in [0.15, 0.2) is 24.3 Å². The molecule has 2 nitrogen and oxygen atoms in total. The number of nitrogens with zero attached hydrogens (tertiary/aromatic N) is 1. The van der Waals surface area contributed by atoms with E-state index in [-0.39, 0.29) is 5.91 Å². The number of alkyl halides is 1. The summed E-state index contributed by atoms with van der Waals surface area (Å²) in [6.07, 6.45) is 2.14. The molecule has 0 fully saturated rings. The Hall–Kier alpha value is -0.830. The van der Waals surface area contributed by atoms with Crippen LogP contribution in [0.2, 0.25) is 0 Å². The molecule has 0 aromatic heterocycles. The van der Waals surface area contributed by atoms with Gasteiger partial charge in [-0.2, -0.15) is 0 Å². The molecule has 1 atom stereocenters. The molecule has 1 amide bonds. The van der Waals surface area contributed by atoms with E-state index in [2.05, 4.69) is 29.8 Å². The van der Waals surface area contributed by atoms with E-state index in [0.29, 0.717) is 6.04 Å². The van der Waals surface area contributed by atoms with E-state index in [9.17, 15) is 4.79 Å². The van der Waals surface area contributed by atoms with E-state index in [1.165, 1.54) is 5.56 Å². The molecule has 0 aliphatic heterocycles. The summed E-state index contributed by atoms with van der Waals surface area (Å²) in [5.41, 5.74) is 1.95. The molecule has 0 spiro atoms. The Morgan fingerprint density at radius 2 is 1.94 bits per heavy atom. The van der Waals surface area contributed by atoms with Crippen LogP contribution in [0.3, 0.4) is 0 Å². The number of carbonyl (C=O) groups excluding carboxylic acids is 1. The molecule has 94 valence electrons. The van der Waals surface area contributed by atoms with Gasteiger partial charge in [-0.25, -0.2) is 0 Å². The molecule has 0 saturated carbocycles. The van der Waals surface area contributed by atoms with Crippen molar-refractivity contribution in [3.63, 3.8) is 0 Å². The summed E-state index contributed by atoms with van der Waals surface area (Å²) >= 11 is 3.40. The maximum absolute atomic E-state index is 12.2. The van der Waals surface area contributed by atoms with Gasteiger partial charge in [-0.15, -0.1) is 0 Å². The monoisotopic (exact) mass is 297 g/mol. The highest BCUT2D eigenvalue weighted by atomic mass is 79.9. The minimum Gasteiger partial charge on any atom is -0.339 e. The SMILES string of the molecule is CCCC(C)N(C)C(=O)c1ccc(CBr)cc1. The molecule has 0 heterocycles. The number of hydrogen-bond donors (Lipinski definition) is 0. The van der Waals surface area contributed by atoms with Crippen LogP contribution in [0.5, 0.6) is 0 Å². The number of halogens is 1. The van der Waals surface area contributed by atoms with Gasteiger partial charge >= 0.3 is 0 Å². The zero-order valence-electron chi connectivity index (χ0n) is 10.7. The van der Waals surface area contributed by atoms with Crippen molar-refractivity contribution in [1.29, 1.82) is 0 Å². The van der Waals surface area contributed by atoms with Crippen molar-refractivity contribution in [2.24, 2.45) is 0 Å². The van der Waals surface area contributed by atoms with E-state index in [1.54, 1.807) is 0 Å². The van der Waals surface area contributed by atoms with Crippen LogP contribution in [-0.2, 0) is 5.33 Å². The van der Waals surface area contributed by atoms with Crippen LogP contribution in [0.1, 0.15) is 42.6 Å². The Morgan fingerprint density at radius 3 is 2.41 bits per heavy atom. The van der Waals surface area contributed by atoms with Crippen molar-refractivity contribution in [3.05, 3.63) is 35.4 Å². The lowest BCUT2D eigenvalue weighted by Gasteiger charge is -2.24. The summed E-state index contributed by atoms with van der Waals surface area (Å²) in [4.78, 5) is 14.0. The molecule has 0 saturated heterocycles. The van der Waals surface area contributed by atoms with E-state index in [1.807, 2.05) is 36.2 Å². The van der Waals surface area contributed by atoms with Crippen LogP contribution in [-0.4, -0.2) is 23.9 Å². The van der Waals surface area contributed by atoms with Crippen LogP contribution in [0.25, 0.3) is 0 Å². The lowest BCUT2D eigenvalue weighted by atomic mass is 10.1. The molecule has 0 aliphatic carbocycles. The third-order valence-electron chi connectivity index (χ3n) is 3.04. The van der Waals surface area contributed by atoms with Crippen molar-refractivity contribution >= 4 is 21.8 Å². The standard InChI is InChI=1S/C14H20BrNO/c1-4-5-11(2)16(3)14(17)13-8-6-12(10-15)7-9-13/h6-9,11H,4-5,10H2,1-3H3. The molecule has 0 aliphatic rings. The largest absolute Gasteiger partial charge is 0.339 e. The first-order valence-electron chi connectivity index (χ1n) is 6.02. The lowest BCUT2D eigenvalue weighted by molar-refractivity contribution is 0.0737. The van der Waals surface area contributed by atoms with Crippen LogP contribution < -0.4 is 0 Å². The highest BCUT2D eigenvalue weighted by Crippen LogP contribution is 2.12. The number of hydrogen-bond acceptors (Lipinski definition) is 1. The third kappa shape index (κ3) is 3.84. The first kappa shape index (κ1) is 14.2. The van der Waals surface area contributed by atoms with Gasteiger partial charge in [0.15, 0.2) is 0 Å². The topological polar surface area (TPSA) is 20.3 Å². The van der Waals surface area contributed by atoms with Crippen LogP contribution in [0.4, 0.5) is 0 Å². The summed E-state index contributed by atoms with van der Waals surface area (Å²) in [5, 5.41) is 0.823. The minimum absolute atomic E-state index is 0.104. The summed E-state index contributed by atoms with van der Waals surface area (Å²) in [6, 6.07) is 8.06. The normalized spacial score (nSPS) is 12.2. The van der Waals surface area contributed by atoms with E-state index >= 15 is 0 Å². The Labute approximate surface area is 112 Å². The lowest BCUT2D eigenvalue weighted by Crippen LogP contribution is -2.34. The first-order valence-corrected chi connectivity index (χ1v) is 7.14. The van der Waals surface area contributed by atoms with Crippen molar-refractivity contribution < 1.29 is 4.79 Å². The Morgan fingerprint density at radius 1 is 1.35 bits per heavy atom. The van der Waals surface area contributed by atoms with Gasteiger partial charge in [0.05, 0.1) is 0 Å². The molecule has 1 unspecified atom stereocenters. The highest BCUT2D eigenvalue weighted by Gasteiger charge is 2.16. The number of amides is 1. The second kappa shape index (κ2) is 6.80. The number of rotatable bonds is 5. The Kier molecular flexibility index (Phi) is 5.69. The summed E-state index contributed by atoms with van der Waals surface area (Å²) in [6.45, 7) is 4.23. The number of benzene rings is 1. The van der Waals surface area contributed by atoms with Gasteiger partial charge in [0.2, 0.25) is 0 Å². The average molecular weight is 298 g/mol. The summed E-state index contributed by atoms with van der Waals surface area (Å²) in [5.74, 6) is 0.104. The van der Waals surface area contributed by atoms with Gasteiger partial charge in [-0.1, -0.05) is 41.4 Å². The molecule has 0 radical (unpaired) electrons.